The third kappa shape index (κ3) is 11.0. The molecule has 4 nitrogen and oxygen atoms in total. The molecule has 0 saturated carbocycles. The summed E-state index contributed by atoms with van der Waals surface area (Å²) in [5.41, 5.74) is 6.30. The van der Waals surface area contributed by atoms with Gasteiger partial charge in [-0.25, -0.2) is 4.79 Å². The van der Waals surface area contributed by atoms with Crippen LogP contribution in [0.2, 0.25) is 0 Å². The second-order valence-electron chi connectivity index (χ2n) is 8.38. The summed E-state index contributed by atoms with van der Waals surface area (Å²) >= 11 is 0. The minimum Gasteiger partial charge on any atom is -0.479 e. The number of nitrogens with one attached hydrogen (secondary N) is 1. The van der Waals surface area contributed by atoms with Crippen LogP contribution in [0.4, 0.5) is 0 Å². The highest BCUT2D eigenvalue weighted by molar-refractivity contribution is 5.72. The Morgan fingerprint density at radius 1 is 1.18 bits per heavy atom. The van der Waals surface area contributed by atoms with Crippen LogP contribution in [0.3, 0.4) is 0 Å². The van der Waals surface area contributed by atoms with E-state index in [1.54, 1.807) is 6.08 Å². The molecule has 0 aliphatic heterocycles. The fourth-order valence-electron chi connectivity index (χ4n) is 3.12. The van der Waals surface area contributed by atoms with E-state index < -0.39 is 12.1 Å². The highest BCUT2D eigenvalue weighted by Crippen LogP contribution is 2.15. The molecule has 0 bridgehead atoms. The Balaban J connectivity index is 0.00000182. The van der Waals surface area contributed by atoms with Crippen LogP contribution in [0.1, 0.15) is 61.9 Å². The van der Waals surface area contributed by atoms with E-state index in [4.69, 9.17) is 4.74 Å². The number of benzene rings is 2. The lowest BCUT2D eigenvalue weighted by molar-refractivity contribution is -0.153. The summed E-state index contributed by atoms with van der Waals surface area (Å²) in [6, 6.07) is 14.2. The first kappa shape index (κ1) is 28.7. The molecular weight excluding hydrogens is 422 g/mol. The van der Waals surface area contributed by atoms with Gasteiger partial charge in [0.05, 0.1) is 11.8 Å². The Bertz CT molecular complexity index is 1010. The number of aryl methyl sites for hydroxylation is 2. The van der Waals surface area contributed by atoms with Gasteiger partial charge in [-0.05, 0) is 75.8 Å². The number of aliphatic carboxylic acids is 1. The lowest BCUT2D eigenvalue weighted by Gasteiger charge is -2.17. The predicted octanol–water partition coefficient (Wildman–Crippen LogP) is 6.35. The minimum atomic E-state index is -0.937. The van der Waals surface area contributed by atoms with Crippen molar-refractivity contribution in [2.45, 2.75) is 73.1 Å². The van der Waals surface area contributed by atoms with Gasteiger partial charge in [0.2, 0.25) is 0 Å². The molecule has 0 amide bonds. The number of carboxylic acids is 1. The molecule has 2 aromatic rings. The molecule has 0 saturated heterocycles. The Morgan fingerprint density at radius 2 is 1.82 bits per heavy atom. The van der Waals surface area contributed by atoms with E-state index in [1.807, 2.05) is 45.0 Å². The summed E-state index contributed by atoms with van der Waals surface area (Å²) in [6.45, 7) is 15.8. The van der Waals surface area contributed by atoms with Gasteiger partial charge >= 0.3 is 5.97 Å². The predicted molar refractivity (Wildman–Crippen MR) is 142 cm³/mol. The zero-order valence-corrected chi connectivity index (χ0v) is 21.4. The fraction of sp³-hybridized carbons (Fsp3) is 0.367. The zero-order valence-electron chi connectivity index (χ0n) is 21.4. The first-order valence-electron chi connectivity index (χ1n) is 11.8. The molecule has 182 valence electrons. The van der Waals surface area contributed by atoms with Gasteiger partial charge in [0.25, 0.3) is 0 Å². The van der Waals surface area contributed by atoms with E-state index in [9.17, 15) is 9.90 Å². The standard InChI is InChI=1S/C27H33NO3.C3H6/c1-6-7-25(15-14-22-11-8-20(4)9-12-22)28-18-24-16-23(13-10-21(24)5)17-26(27(29)30)31-19(2)3;1-3-2/h7-13,16,19,26,28H,6,17-18H2,1-5H3,(H,29,30);3H,1H2,2H3/b25-7+;. The van der Waals surface area contributed by atoms with Crippen molar-refractivity contribution in [1.82, 2.24) is 5.32 Å². The topological polar surface area (TPSA) is 58.6 Å². The molecule has 0 radical (unpaired) electrons. The smallest absolute Gasteiger partial charge is 0.333 e. The average molecular weight is 462 g/mol. The van der Waals surface area contributed by atoms with Gasteiger partial charge < -0.3 is 15.2 Å². The van der Waals surface area contributed by atoms with Crippen molar-refractivity contribution in [2.75, 3.05) is 0 Å². The van der Waals surface area contributed by atoms with Gasteiger partial charge in [-0.1, -0.05) is 60.9 Å². The summed E-state index contributed by atoms with van der Waals surface area (Å²) in [5, 5.41) is 12.9. The van der Waals surface area contributed by atoms with E-state index in [0.717, 1.165) is 34.4 Å². The van der Waals surface area contributed by atoms with Crippen LogP contribution >= 0.6 is 0 Å². The van der Waals surface area contributed by atoms with E-state index in [2.05, 4.69) is 68.8 Å². The third-order valence-corrected chi connectivity index (χ3v) is 4.82. The summed E-state index contributed by atoms with van der Waals surface area (Å²) < 4.78 is 5.55. The Labute approximate surface area is 205 Å². The van der Waals surface area contributed by atoms with Crippen LogP contribution in [0, 0.1) is 25.7 Å². The molecule has 0 heterocycles. The number of rotatable bonds is 9. The Kier molecular flexibility index (Phi) is 13.1. The lowest BCUT2D eigenvalue weighted by Crippen LogP contribution is -2.29. The van der Waals surface area contributed by atoms with Crippen molar-refractivity contribution in [1.29, 1.82) is 0 Å². The molecule has 0 aliphatic rings. The maximum atomic E-state index is 11.5. The number of hydrogen-bond donors (Lipinski definition) is 2. The highest BCUT2D eigenvalue weighted by Gasteiger charge is 2.20. The van der Waals surface area contributed by atoms with E-state index in [-0.39, 0.29) is 6.10 Å². The van der Waals surface area contributed by atoms with Crippen LogP contribution in [0.15, 0.2) is 66.9 Å². The summed E-state index contributed by atoms with van der Waals surface area (Å²) in [4.78, 5) is 11.5. The molecule has 2 aromatic carbocycles. The van der Waals surface area contributed by atoms with Crippen LogP contribution < -0.4 is 5.32 Å². The summed E-state index contributed by atoms with van der Waals surface area (Å²) in [5.74, 6) is 5.51. The highest BCUT2D eigenvalue weighted by atomic mass is 16.5. The minimum absolute atomic E-state index is 0.137. The number of ether oxygens (including phenoxy) is 1. The quantitative estimate of drug-likeness (QED) is 0.337. The van der Waals surface area contributed by atoms with Gasteiger partial charge in [0.15, 0.2) is 6.10 Å². The third-order valence-electron chi connectivity index (χ3n) is 4.82. The van der Waals surface area contributed by atoms with Gasteiger partial charge in [-0.3, -0.25) is 0 Å². The van der Waals surface area contributed by atoms with Crippen molar-refractivity contribution in [2.24, 2.45) is 0 Å². The van der Waals surface area contributed by atoms with Gasteiger partial charge in [-0.15, -0.1) is 6.58 Å². The van der Waals surface area contributed by atoms with Crippen molar-refractivity contribution in [3.63, 3.8) is 0 Å². The van der Waals surface area contributed by atoms with Crippen molar-refractivity contribution in [3.05, 3.63) is 94.7 Å². The van der Waals surface area contributed by atoms with Crippen LogP contribution in [0.25, 0.3) is 0 Å². The molecule has 1 unspecified atom stereocenters. The zero-order chi connectivity index (χ0) is 25.5. The molecule has 34 heavy (non-hydrogen) atoms. The number of carbonyl (C=O) groups is 1. The van der Waals surface area contributed by atoms with Crippen molar-refractivity contribution < 1.29 is 14.6 Å². The first-order chi connectivity index (χ1) is 16.2. The van der Waals surface area contributed by atoms with E-state index in [1.165, 1.54) is 5.56 Å². The summed E-state index contributed by atoms with van der Waals surface area (Å²) in [6.07, 6.45) is 4.07. The van der Waals surface area contributed by atoms with Gasteiger partial charge in [0, 0.05) is 18.5 Å². The number of carboxylic acid groups (broad SMARTS) is 1. The normalized spacial score (nSPS) is 11.6. The van der Waals surface area contributed by atoms with Crippen LogP contribution in [-0.4, -0.2) is 23.3 Å². The second-order valence-corrected chi connectivity index (χ2v) is 8.38. The van der Waals surface area contributed by atoms with Crippen molar-refractivity contribution in [3.8, 4) is 11.8 Å². The van der Waals surface area contributed by atoms with Crippen LogP contribution in [0.5, 0.6) is 0 Å². The van der Waals surface area contributed by atoms with Crippen molar-refractivity contribution >= 4 is 5.97 Å². The molecule has 0 fully saturated rings. The molecule has 0 aromatic heterocycles. The molecule has 1 atom stereocenters. The van der Waals surface area contributed by atoms with Gasteiger partial charge in [0.1, 0.15) is 0 Å². The monoisotopic (exact) mass is 461 g/mol. The summed E-state index contributed by atoms with van der Waals surface area (Å²) in [7, 11) is 0. The Morgan fingerprint density at radius 3 is 2.38 bits per heavy atom. The molecule has 2 rings (SSSR count). The molecule has 0 spiro atoms. The van der Waals surface area contributed by atoms with E-state index >= 15 is 0 Å². The maximum absolute atomic E-state index is 11.5. The molecule has 4 heteroatoms. The first-order valence-corrected chi connectivity index (χ1v) is 11.8. The van der Waals surface area contributed by atoms with Gasteiger partial charge in [-0.2, -0.15) is 0 Å². The second kappa shape index (κ2) is 15.5. The van der Waals surface area contributed by atoms with Crippen LogP contribution in [-0.2, 0) is 22.5 Å². The number of hydrogen-bond acceptors (Lipinski definition) is 3. The average Bonchev–Trinajstić information content (AvgIpc) is 2.78. The largest absolute Gasteiger partial charge is 0.479 e. The molecule has 2 N–H and O–H groups in total. The SMILES string of the molecule is C=CC.CC/C=C(\C#Cc1ccc(C)cc1)NCc1cc(CC(OC(C)C)C(=O)O)ccc1C. The fourth-order valence-corrected chi connectivity index (χ4v) is 3.12. The molecular formula is C30H39NO3. The maximum Gasteiger partial charge on any atom is 0.333 e. The lowest BCUT2D eigenvalue weighted by atomic mass is 10.0. The van der Waals surface area contributed by atoms with E-state index in [0.29, 0.717) is 13.0 Å². The Hall–Kier alpha value is -3.29. The number of allylic oxidation sites excluding steroid dienone is 3. The molecule has 0 aliphatic carbocycles.